The van der Waals surface area contributed by atoms with Crippen molar-refractivity contribution < 1.29 is 41.6 Å². The van der Waals surface area contributed by atoms with Gasteiger partial charge in [-0.1, -0.05) is 12.7 Å². The van der Waals surface area contributed by atoms with E-state index in [1.165, 1.54) is 0 Å². The molecule has 0 bridgehead atoms. The minimum Gasteiger partial charge on any atom is -0.485 e. The van der Waals surface area contributed by atoms with Gasteiger partial charge in [-0.3, -0.25) is 0 Å². The van der Waals surface area contributed by atoms with Crippen LogP contribution in [0.5, 0.6) is 5.75 Å². The maximum Gasteiger partial charge on any atom is 0.204 e. The van der Waals surface area contributed by atoms with Crippen molar-refractivity contribution in [2.45, 2.75) is 0 Å². The van der Waals surface area contributed by atoms with Gasteiger partial charge in [0, 0.05) is 0 Å². The molecule has 0 aromatic heterocycles. The molecule has 0 unspecified atom stereocenters. The van der Waals surface area contributed by atoms with Crippen molar-refractivity contribution in [3.05, 3.63) is 35.4 Å². The van der Waals surface area contributed by atoms with Crippen LogP contribution in [0.4, 0.5) is 17.6 Å². The summed E-state index contributed by atoms with van der Waals surface area (Å²) in [5.41, 5.74) is -0.890. The van der Waals surface area contributed by atoms with E-state index in [9.17, 15) is 17.6 Å². The van der Waals surface area contributed by atoms with Gasteiger partial charge in [-0.2, -0.15) is 8.78 Å². The molecular weight excluding hydrogens is 348 g/mol. The van der Waals surface area contributed by atoms with Crippen molar-refractivity contribution in [2.24, 2.45) is 0 Å². The van der Waals surface area contributed by atoms with Crippen LogP contribution in [0.25, 0.3) is 6.08 Å². The van der Waals surface area contributed by atoms with Crippen LogP contribution in [-0.2, 0) is 14.2 Å². The van der Waals surface area contributed by atoms with Gasteiger partial charge in [-0.05, 0) is 0 Å². The molecular formula is C16H20F4O5. The second-order valence-electron chi connectivity index (χ2n) is 4.61. The van der Waals surface area contributed by atoms with E-state index in [2.05, 4.69) is 6.58 Å². The number of ether oxygens (including phenoxy) is 4. The number of hydrogen-bond donors (Lipinski definition) is 1. The Kier molecular flexibility index (Phi) is 10.1. The predicted molar refractivity (Wildman–Crippen MR) is 81.4 cm³/mol. The van der Waals surface area contributed by atoms with Gasteiger partial charge in [0.15, 0.2) is 17.4 Å². The van der Waals surface area contributed by atoms with Crippen molar-refractivity contribution in [1.29, 1.82) is 0 Å². The quantitative estimate of drug-likeness (QED) is 0.329. The highest BCUT2D eigenvalue weighted by molar-refractivity contribution is 5.51. The average molecular weight is 368 g/mol. The zero-order valence-corrected chi connectivity index (χ0v) is 13.5. The van der Waals surface area contributed by atoms with Gasteiger partial charge in [0.25, 0.3) is 0 Å². The Morgan fingerprint density at radius 2 is 1.16 bits per heavy atom. The Bertz CT molecular complexity index is 525. The zero-order chi connectivity index (χ0) is 18.7. The molecule has 5 nitrogen and oxygen atoms in total. The average Bonchev–Trinajstić information content (AvgIpc) is 2.61. The summed E-state index contributed by atoms with van der Waals surface area (Å²) in [4.78, 5) is 0. The third kappa shape index (κ3) is 6.62. The van der Waals surface area contributed by atoms with Crippen molar-refractivity contribution in [3.63, 3.8) is 0 Å². The van der Waals surface area contributed by atoms with E-state index in [4.69, 9.17) is 24.1 Å². The summed E-state index contributed by atoms with van der Waals surface area (Å²) in [7, 11) is 0. The molecule has 25 heavy (non-hydrogen) atoms. The van der Waals surface area contributed by atoms with Crippen LogP contribution < -0.4 is 4.74 Å². The lowest BCUT2D eigenvalue weighted by molar-refractivity contribution is 0.00323. The fourth-order valence-electron chi connectivity index (χ4n) is 1.74. The molecule has 0 aliphatic carbocycles. The highest BCUT2D eigenvalue weighted by atomic mass is 19.2. The standard InChI is InChI=1S/C16H20F4O5/c1-2-11-12(17)14(19)16(15(20)13(11)18)25-10-9-24-8-7-23-6-5-22-4-3-21/h2,21H,1,3-10H2. The Hall–Kier alpha value is -1.68. The summed E-state index contributed by atoms with van der Waals surface area (Å²) in [5.74, 6) is -7.52. The third-order valence-electron chi connectivity index (χ3n) is 2.91. The van der Waals surface area contributed by atoms with Crippen molar-refractivity contribution >= 4 is 6.08 Å². The molecule has 1 N–H and O–H groups in total. The van der Waals surface area contributed by atoms with Gasteiger partial charge in [0.2, 0.25) is 11.6 Å². The molecule has 1 rings (SSSR count). The van der Waals surface area contributed by atoms with E-state index in [-0.39, 0.29) is 39.6 Å². The summed E-state index contributed by atoms with van der Waals surface area (Å²) >= 11 is 0. The molecule has 1 aromatic rings. The Balaban J connectivity index is 2.28. The molecule has 0 aliphatic heterocycles. The summed E-state index contributed by atoms with van der Waals surface area (Å²) in [6.07, 6.45) is 0.679. The Labute approximate surface area is 142 Å². The molecule has 0 saturated heterocycles. The molecule has 0 radical (unpaired) electrons. The van der Waals surface area contributed by atoms with Crippen LogP contribution in [0, 0.1) is 23.3 Å². The van der Waals surface area contributed by atoms with Crippen molar-refractivity contribution in [1.82, 2.24) is 0 Å². The van der Waals surface area contributed by atoms with Crippen LogP contribution >= 0.6 is 0 Å². The van der Waals surface area contributed by atoms with Gasteiger partial charge < -0.3 is 24.1 Å². The molecule has 0 amide bonds. The Morgan fingerprint density at radius 1 is 0.720 bits per heavy atom. The van der Waals surface area contributed by atoms with Crippen molar-refractivity contribution in [3.8, 4) is 5.75 Å². The Morgan fingerprint density at radius 3 is 1.60 bits per heavy atom. The van der Waals surface area contributed by atoms with E-state index in [1.807, 2.05) is 0 Å². The van der Waals surface area contributed by atoms with E-state index in [1.54, 1.807) is 0 Å². The van der Waals surface area contributed by atoms with Crippen molar-refractivity contribution in [2.75, 3.05) is 52.9 Å². The SMILES string of the molecule is C=Cc1c(F)c(F)c(OCCOCCOCCOCCO)c(F)c1F. The molecule has 0 spiro atoms. The number of aliphatic hydroxyl groups is 1. The van der Waals surface area contributed by atoms with Gasteiger partial charge in [-0.15, -0.1) is 0 Å². The lowest BCUT2D eigenvalue weighted by atomic mass is 10.1. The van der Waals surface area contributed by atoms with Gasteiger partial charge >= 0.3 is 0 Å². The fourth-order valence-corrected chi connectivity index (χ4v) is 1.74. The summed E-state index contributed by atoms with van der Waals surface area (Å²) in [6.45, 7) is 4.00. The van der Waals surface area contributed by atoms with E-state index in [0.29, 0.717) is 19.3 Å². The summed E-state index contributed by atoms with van der Waals surface area (Å²) < 4.78 is 74.3. The summed E-state index contributed by atoms with van der Waals surface area (Å²) in [5, 5.41) is 8.47. The van der Waals surface area contributed by atoms with E-state index >= 15 is 0 Å². The number of aliphatic hydroxyl groups excluding tert-OH is 1. The first kappa shape index (κ1) is 21.4. The topological polar surface area (TPSA) is 57.2 Å². The molecule has 0 aliphatic rings. The first-order chi connectivity index (χ1) is 12.0. The highest BCUT2D eigenvalue weighted by Gasteiger charge is 2.25. The predicted octanol–water partition coefficient (Wildman–Crippen LogP) is 2.31. The lowest BCUT2D eigenvalue weighted by Crippen LogP contribution is -2.14. The molecule has 0 heterocycles. The number of hydrogen-bond acceptors (Lipinski definition) is 5. The smallest absolute Gasteiger partial charge is 0.204 e. The van der Waals surface area contributed by atoms with Crippen LogP contribution in [-0.4, -0.2) is 58.0 Å². The first-order valence-electron chi connectivity index (χ1n) is 7.49. The first-order valence-corrected chi connectivity index (χ1v) is 7.49. The normalized spacial score (nSPS) is 10.9. The number of rotatable bonds is 13. The second kappa shape index (κ2) is 11.8. The minimum atomic E-state index is -1.62. The molecule has 9 heteroatoms. The minimum absolute atomic E-state index is 0.0598. The van der Waals surface area contributed by atoms with Crippen LogP contribution in [0.3, 0.4) is 0 Å². The zero-order valence-electron chi connectivity index (χ0n) is 13.5. The molecule has 0 atom stereocenters. The van der Waals surface area contributed by atoms with Gasteiger partial charge in [-0.25, -0.2) is 8.78 Å². The summed E-state index contributed by atoms with van der Waals surface area (Å²) in [6, 6.07) is 0. The fraction of sp³-hybridized carbons (Fsp3) is 0.500. The number of halogens is 4. The second-order valence-corrected chi connectivity index (χ2v) is 4.61. The van der Waals surface area contributed by atoms with Crippen LogP contribution in [0.2, 0.25) is 0 Å². The third-order valence-corrected chi connectivity index (χ3v) is 2.91. The largest absolute Gasteiger partial charge is 0.485 e. The lowest BCUT2D eigenvalue weighted by Gasteiger charge is -2.12. The molecule has 142 valence electrons. The van der Waals surface area contributed by atoms with Gasteiger partial charge in [0.05, 0.1) is 51.8 Å². The maximum absolute atomic E-state index is 13.7. The maximum atomic E-state index is 13.7. The molecule has 1 aromatic carbocycles. The monoisotopic (exact) mass is 368 g/mol. The van der Waals surface area contributed by atoms with Crippen LogP contribution in [0.15, 0.2) is 6.58 Å². The number of benzene rings is 1. The molecule has 0 saturated carbocycles. The van der Waals surface area contributed by atoms with Crippen LogP contribution in [0.1, 0.15) is 5.56 Å². The highest BCUT2D eigenvalue weighted by Crippen LogP contribution is 2.30. The van der Waals surface area contributed by atoms with E-state index in [0.717, 1.165) is 0 Å². The molecule has 0 fully saturated rings. The van der Waals surface area contributed by atoms with Gasteiger partial charge in [0.1, 0.15) is 6.61 Å². The van der Waals surface area contributed by atoms with E-state index < -0.39 is 34.6 Å².